The number of likely N-dealkylation sites (tertiary alicyclic amines) is 1. The zero-order valence-electron chi connectivity index (χ0n) is 15.7. The largest absolute Gasteiger partial charge is 0.379 e. The maximum absolute atomic E-state index is 5.50. The van der Waals surface area contributed by atoms with E-state index in [2.05, 4.69) is 29.0 Å². The van der Waals surface area contributed by atoms with Gasteiger partial charge in [0.05, 0.1) is 13.2 Å². The lowest BCUT2D eigenvalue weighted by molar-refractivity contribution is 0.0195. The number of ether oxygens (including phenoxy) is 1. The number of guanidine groups is 1. The van der Waals surface area contributed by atoms with Crippen LogP contribution in [-0.2, 0) is 4.74 Å². The third-order valence-electron chi connectivity index (χ3n) is 6.12. The van der Waals surface area contributed by atoms with E-state index in [0.29, 0.717) is 6.04 Å². The molecule has 0 bridgehead atoms. The molecule has 3 rings (SSSR count). The molecular weight excluding hydrogens is 300 g/mol. The van der Waals surface area contributed by atoms with Crippen molar-refractivity contribution < 1.29 is 4.74 Å². The predicted molar refractivity (Wildman–Crippen MR) is 99.5 cm³/mol. The van der Waals surface area contributed by atoms with Gasteiger partial charge in [0.15, 0.2) is 5.96 Å². The Hall–Kier alpha value is -0.810. The lowest BCUT2D eigenvalue weighted by Gasteiger charge is -2.32. The van der Waals surface area contributed by atoms with Crippen LogP contribution in [0.2, 0.25) is 0 Å². The quantitative estimate of drug-likeness (QED) is 0.631. The Labute approximate surface area is 147 Å². The summed E-state index contributed by atoms with van der Waals surface area (Å²) in [4.78, 5) is 10.1. The van der Waals surface area contributed by atoms with Gasteiger partial charge >= 0.3 is 0 Å². The molecule has 0 aromatic heterocycles. The van der Waals surface area contributed by atoms with Crippen molar-refractivity contribution in [2.24, 2.45) is 16.8 Å². The van der Waals surface area contributed by atoms with Crippen LogP contribution >= 0.6 is 0 Å². The molecular formula is C19H36N4O. The van der Waals surface area contributed by atoms with Crippen molar-refractivity contribution in [3.63, 3.8) is 0 Å². The molecule has 0 aromatic rings. The first-order chi connectivity index (χ1) is 11.8. The molecule has 5 heteroatoms. The molecule has 0 amide bonds. The molecule has 1 aliphatic carbocycles. The Balaban J connectivity index is 1.55. The Bertz CT molecular complexity index is 408. The fourth-order valence-corrected chi connectivity index (χ4v) is 4.47. The van der Waals surface area contributed by atoms with Crippen molar-refractivity contribution in [3.05, 3.63) is 0 Å². The first kappa shape index (κ1) is 18.0. The van der Waals surface area contributed by atoms with Crippen LogP contribution in [0.1, 0.15) is 46.0 Å². The number of nitrogens with zero attached hydrogens (tertiary/aromatic N) is 3. The molecule has 3 fully saturated rings. The number of nitrogens with one attached hydrogen (secondary N) is 1. The van der Waals surface area contributed by atoms with Crippen LogP contribution in [0.25, 0.3) is 0 Å². The van der Waals surface area contributed by atoms with Gasteiger partial charge in [-0.3, -0.25) is 9.89 Å². The summed E-state index contributed by atoms with van der Waals surface area (Å²) in [6, 6.07) is 0.673. The summed E-state index contributed by atoms with van der Waals surface area (Å²) in [5, 5.41) is 3.54. The smallest absolute Gasteiger partial charge is 0.193 e. The SMILES string of the molecule is CCNC(=NCC1CCCCC1C)N1CCC(N2CCOCC2)C1. The van der Waals surface area contributed by atoms with E-state index < -0.39 is 0 Å². The summed E-state index contributed by atoms with van der Waals surface area (Å²) < 4.78 is 5.50. The van der Waals surface area contributed by atoms with E-state index in [9.17, 15) is 0 Å². The second-order valence-electron chi connectivity index (χ2n) is 7.75. The summed E-state index contributed by atoms with van der Waals surface area (Å²) in [6.07, 6.45) is 6.81. The van der Waals surface area contributed by atoms with Gasteiger partial charge in [0.2, 0.25) is 0 Å². The maximum atomic E-state index is 5.50. The standard InChI is InChI=1S/C19H36N4O/c1-3-20-19(21-14-17-7-5-4-6-16(17)2)23-9-8-18(15-23)22-10-12-24-13-11-22/h16-18H,3-15H2,1-2H3,(H,20,21). The van der Waals surface area contributed by atoms with E-state index in [1.165, 1.54) is 32.1 Å². The lowest BCUT2D eigenvalue weighted by Crippen LogP contribution is -2.46. The molecule has 1 N–H and O–H groups in total. The number of rotatable bonds is 4. The fourth-order valence-electron chi connectivity index (χ4n) is 4.47. The van der Waals surface area contributed by atoms with Gasteiger partial charge in [-0.2, -0.15) is 0 Å². The summed E-state index contributed by atoms with van der Waals surface area (Å²) in [5.41, 5.74) is 0. The van der Waals surface area contributed by atoms with E-state index >= 15 is 0 Å². The van der Waals surface area contributed by atoms with Crippen molar-refractivity contribution >= 4 is 5.96 Å². The Kier molecular flexibility index (Phi) is 6.78. The van der Waals surface area contributed by atoms with Crippen LogP contribution in [-0.4, -0.2) is 74.3 Å². The maximum Gasteiger partial charge on any atom is 0.193 e. The number of hydrogen-bond donors (Lipinski definition) is 1. The Morgan fingerprint density at radius 3 is 2.67 bits per heavy atom. The van der Waals surface area contributed by atoms with Gasteiger partial charge in [-0.1, -0.05) is 26.2 Å². The summed E-state index contributed by atoms with van der Waals surface area (Å²) >= 11 is 0. The molecule has 0 aromatic carbocycles. The summed E-state index contributed by atoms with van der Waals surface area (Å²) in [6.45, 7) is 12.8. The van der Waals surface area contributed by atoms with E-state index in [0.717, 1.165) is 70.3 Å². The van der Waals surface area contributed by atoms with Crippen molar-refractivity contribution in [3.8, 4) is 0 Å². The minimum Gasteiger partial charge on any atom is -0.379 e. The molecule has 3 atom stereocenters. The highest BCUT2D eigenvalue weighted by Gasteiger charge is 2.30. The zero-order chi connectivity index (χ0) is 16.8. The van der Waals surface area contributed by atoms with E-state index in [1.807, 2.05) is 0 Å². The average molecular weight is 337 g/mol. The first-order valence-corrected chi connectivity index (χ1v) is 10.1. The van der Waals surface area contributed by atoms with Crippen molar-refractivity contribution in [1.82, 2.24) is 15.1 Å². The molecule has 1 saturated carbocycles. The highest BCUT2D eigenvalue weighted by molar-refractivity contribution is 5.80. The second kappa shape index (κ2) is 9.04. The van der Waals surface area contributed by atoms with Crippen molar-refractivity contribution in [2.75, 3.05) is 52.5 Å². The summed E-state index contributed by atoms with van der Waals surface area (Å²) in [7, 11) is 0. The molecule has 3 aliphatic rings. The Morgan fingerprint density at radius 1 is 1.12 bits per heavy atom. The van der Waals surface area contributed by atoms with Crippen molar-refractivity contribution in [1.29, 1.82) is 0 Å². The third kappa shape index (κ3) is 4.63. The lowest BCUT2D eigenvalue weighted by atomic mass is 9.80. The molecule has 0 radical (unpaired) electrons. The molecule has 2 saturated heterocycles. The van der Waals surface area contributed by atoms with E-state index in [4.69, 9.17) is 9.73 Å². The van der Waals surface area contributed by atoms with Crippen LogP contribution in [0.15, 0.2) is 4.99 Å². The average Bonchev–Trinajstić information content (AvgIpc) is 3.10. The molecule has 0 spiro atoms. The van der Waals surface area contributed by atoms with Gasteiger partial charge in [-0.05, 0) is 31.6 Å². The molecule has 138 valence electrons. The highest BCUT2D eigenvalue weighted by Crippen LogP contribution is 2.29. The molecule has 5 nitrogen and oxygen atoms in total. The Morgan fingerprint density at radius 2 is 1.92 bits per heavy atom. The van der Waals surface area contributed by atoms with Gasteiger partial charge < -0.3 is 15.0 Å². The van der Waals surface area contributed by atoms with Crippen LogP contribution in [0.4, 0.5) is 0 Å². The fraction of sp³-hybridized carbons (Fsp3) is 0.947. The highest BCUT2D eigenvalue weighted by atomic mass is 16.5. The third-order valence-corrected chi connectivity index (χ3v) is 6.12. The summed E-state index contributed by atoms with van der Waals surface area (Å²) in [5.74, 6) is 2.76. The zero-order valence-corrected chi connectivity index (χ0v) is 15.7. The van der Waals surface area contributed by atoms with Crippen molar-refractivity contribution in [2.45, 2.75) is 52.0 Å². The molecule has 2 heterocycles. The molecule has 2 aliphatic heterocycles. The molecule has 3 unspecified atom stereocenters. The minimum atomic E-state index is 0.673. The van der Waals surface area contributed by atoms with Crippen LogP contribution in [0.5, 0.6) is 0 Å². The van der Waals surface area contributed by atoms with Crippen LogP contribution in [0.3, 0.4) is 0 Å². The topological polar surface area (TPSA) is 40.1 Å². The number of morpholine rings is 1. The van der Waals surface area contributed by atoms with Crippen LogP contribution < -0.4 is 5.32 Å². The van der Waals surface area contributed by atoms with Gasteiger partial charge in [-0.25, -0.2) is 0 Å². The van der Waals surface area contributed by atoms with Crippen LogP contribution in [0, 0.1) is 11.8 Å². The normalized spacial score (nSPS) is 33.0. The molecule has 24 heavy (non-hydrogen) atoms. The predicted octanol–water partition coefficient (Wildman–Crippen LogP) is 2.18. The van der Waals surface area contributed by atoms with Gasteiger partial charge in [0.25, 0.3) is 0 Å². The second-order valence-corrected chi connectivity index (χ2v) is 7.75. The number of hydrogen-bond acceptors (Lipinski definition) is 3. The minimum absolute atomic E-state index is 0.673. The van der Waals surface area contributed by atoms with Gasteiger partial charge in [0.1, 0.15) is 0 Å². The van der Waals surface area contributed by atoms with Gasteiger partial charge in [0, 0.05) is 45.3 Å². The first-order valence-electron chi connectivity index (χ1n) is 10.1. The van der Waals surface area contributed by atoms with E-state index in [1.54, 1.807) is 0 Å². The monoisotopic (exact) mass is 336 g/mol. The van der Waals surface area contributed by atoms with Gasteiger partial charge in [-0.15, -0.1) is 0 Å². The van der Waals surface area contributed by atoms with E-state index in [-0.39, 0.29) is 0 Å². The number of aliphatic imine (C=N–C) groups is 1.